The van der Waals surface area contributed by atoms with Crippen LogP contribution in [0.15, 0.2) is 30.4 Å². The van der Waals surface area contributed by atoms with Crippen LogP contribution in [0.5, 0.6) is 5.75 Å². The molecule has 0 atom stereocenters. The summed E-state index contributed by atoms with van der Waals surface area (Å²) in [6.07, 6.45) is 1.25. The molecule has 0 saturated carbocycles. The van der Waals surface area contributed by atoms with Crippen molar-refractivity contribution in [3.63, 3.8) is 0 Å². The Morgan fingerprint density at radius 3 is 2.47 bits per heavy atom. The Morgan fingerprint density at radius 2 is 1.94 bits per heavy atom. The molecule has 0 radical (unpaired) electrons. The number of phenols is 1. The van der Waals surface area contributed by atoms with E-state index in [9.17, 15) is 24.8 Å². The van der Waals surface area contributed by atoms with Gasteiger partial charge in [-0.3, -0.25) is 14.9 Å². The smallest absolute Gasteiger partial charge is 0.328 e. The minimum Gasteiger partial charge on any atom is -0.502 e. The number of para-hydroxylation sites is 1. The largest absolute Gasteiger partial charge is 0.502 e. The van der Waals surface area contributed by atoms with E-state index < -0.39 is 28.1 Å². The van der Waals surface area contributed by atoms with E-state index in [1.807, 2.05) is 0 Å². The van der Waals surface area contributed by atoms with Gasteiger partial charge in [-0.25, -0.2) is 4.79 Å². The first-order chi connectivity index (χ1) is 7.93. The van der Waals surface area contributed by atoms with Gasteiger partial charge in [0.2, 0.25) is 0 Å². The van der Waals surface area contributed by atoms with Crippen LogP contribution in [0.3, 0.4) is 0 Å². The summed E-state index contributed by atoms with van der Waals surface area (Å²) in [5.41, 5.74) is -1.11. The summed E-state index contributed by atoms with van der Waals surface area (Å²) >= 11 is 0. The summed E-state index contributed by atoms with van der Waals surface area (Å²) < 4.78 is 0. The maximum atomic E-state index is 11.5. The molecule has 1 rings (SSSR count). The number of phenolic OH excluding ortho intramolecular Hbond substituents is 1. The Bertz CT molecular complexity index is 520. The first-order valence-corrected chi connectivity index (χ1v) is 4.35. The topological polar surface area (TPSA) is 118 Å². The van der Waals surface area contributed by atoms with Gasteiger partial charge in [0.15, 0.2) is 11.5 Å². The Hall–Kier alpha value is -2.70. The quantitative estimate of drug-likeness (QED) is 0.350. The van der Waals surface area contributed by atoms with Gasteiger partial charge in [0.05, 0.1) is 4.92 Å². The third-order valence-corrected chi connectivity index (χ3v) is 1.84. The molecule has 0 bridgehead atoms. The summed E-state index contributed by atoms with van der Waals surface area (Å²) in [4.78, 5) is 31.4. The molecule has 0 aromatic heterocycles. The lowest BCUT2D eigenvalue weighted by Gasteiger charge is -2.00. The van der Waals surface area contributed by atoms with Crippen LogP contribution in [0, 0.1) is 10.1 Å². The van der Waals surface area contributed by atoms with Gasteiger partial charge < -0.3 is 10.2 Å². The van der Waals surface area contributed by atoms with E-state index in [1.165, 1.54) is 6.07 Å². The van der Waals surface area contributed by atoms with Crippen molar-refractivity contribution < 1.29 is 24.7 Å². The maximum absolute atomic E-state index is 11.5. The second-order valence-electron chi connectivity index (χ2n) is 2.97. The number of allylic oxidation sites excluding steroid dienone is 1. The number of aliphatic carboxylic acids is 1. The third-order valence-electron chi connectivity index (χ3n) is 1.84. The van der Waals surface area contributed by atoms with E-state index in [0.29, 0.717) is 12.2 Å². The van der Waals surface area contributed by atoms with Crippen LogP contribution in [-0.4, -0.2) is 26.9 Å². The molecule has 0 heterocycles. The predicted molar refractivity (Wildman–Crippen MR) is 55.9 cm³/mol. The van der Waals surface area contributed by atoms with Crippen molar-refractivity contribution in [2.24, 2.45) is 0 Å². The van der Waals surface area contributed by atoms with Crippen LogP contribution in [-0.2, 0) is 4.79 Å². The lowest BCUT2D eigenvalue weighted by molar-refractivity contribution is -0.386. The molecule has 17 heavy (non-hydrogen) atoms. The number of nitrogens with zero attached hydrogens (tertiary/aromatic N) is 1. The van der Waals surface area contributed by atoms with Gasteiger partial charge >= 0.3 is 11.7 Å². The van der Waals surface area contributed by atoms with Crippen molar-refractivity contribution in [1.82, 2.24) is 0 Å². The minimum atomic E-state index is -1.35. The molecule has 0 spiro atoms. The second kappa shape index (κ2) is 4.88. The number of hydrogen-bond donors (Lipinski definition) is 2. The van der Waals surface area contributed by atoms with Gasteiger partial charge in [-0.2, -0.15) is 0 Å². The summed E-state index contributed by atoms with van der Waals surface area (Å²) in [6.45, 7) is 0. The first kappa shape index (κ1) is 12.4. The molecule has 0 aliphatic rings. The third kappa shape index (κ3) is 2.88. The highest BCUT2D eigenvalue weighted by atomic mass is 16.6. The SMILES string of the molecule is O=C(O)C=CC(=O)c1cccc(O)c1[N+](=O)[O-]. The number of benzene rings is 1. The molecule has 0 fully saturated rings. The fourth-order valence-corrected chi connectivity index (χ4v) is 1.16. The Morgan fingerprint density at radius 1 is 1.29 bits per heavy atom. The van der Waals surface area contributed by atoms with Gasteiger partial charge in [-0.05, 0) is 18.2 Å². The van der Waals surface area contributed by atoms with E-state index in [1.54, 1.807) is 0 Å². The molecule has 0 amide bonds. The molecular weight excluding hydrogens is 230 g/mol. The zero-order valence-electron chi connectivity index (χ0n) is 8.36. The van der Waals surface area contributed by atoms with Crippen molar-refractivity contribution >= 4 is 17.4 Å². The van der Waals surface area contributed by atoms with E-state index in [2.05, 4.69) is 0 Å². The molecule has 7 heteroatoms. The molecule has 0 aliphatic carbocycles. The lowest BCUT2D eigenvalue weighted by Crippen LogP contribution is -2.02. The van der Waals surface area contributed by atoms with Crippen molar-refractivity contribution in [3.8, 4) is 5.75 Å². The number of ketones is 1. The van der Waals surface area contributed by atoms with Gasteiger partial charge in [-0.1, -0.05) is 6.07 Å². The Balaban J connectivity index is 3.23. The van der Waals surface area contributed by atoms with E-state index >= 15 is 0 Å². The molecule has 1 aromatic rings. The van der Waals surface area contributed by atoms with Crippen LogP contribution < -0.4 is 0 Å². The van der Waals surface area contributed by atoms with Crippen molar-refractivity contribution in [2.75, 3.05) is 0 Å². The molecule has 2 N–H and O–H groups in total. The second-order valence-corrected chi connectivity index (χ2v) is 2.97. The molecule has 1 aromatic carbocycles. The molecule has 7 nitrogen and oxygen atoms in total. The molecule has 0 aliphatic heterocycles. The van der Waals surface area contributed by atoms with Crippen LogP contribution >= 0.6 is 0 Å². The first-order valence-electron chi connectivity index (χ1n) is 4.35. The average Bonchev–Trinajstić information content (AvgIpc) is 2.24. The minimum absolute atomic E-state index is 0.368. The number of aromatic hydroxyl groups is 1. The van der Waals surface area contributed by atoms with Gasteiger partial charge in [0.1, 0.15) is 5.56 Å². The van der Waals surface area contributed by atoms with Crippen molar-refractivity contribution in [2.45, 2.75) is 0 Å². The van der Waals surface area contributed by atoms with Gasteiger partial charge in [0.25, 0.3) is 0 Å². The number of carbonyl (C=O) groups excluding carboxylic acids is 1. The highest BCUT2D eigenvalue weighted by Crippen LogP contribution is 2.29. The normalized spacial score (nSPS) is 10.4. The lowest BCUT2D eigenvalue weighted by atomic mass is 10.1. The number of carboxylic acids is 1. The van der Waals surface area contributed by atoms with E-state index in [-0.39, 0.29) is 5.56 Å². The fourth-order valence-electron chi connectivity index (χ4n) is 1.16. The number of carbonyl (C=O) groups is 2. The van der Waals surface area contributed by atoms with Gasteiger partial charge in [0, 0.05) is 6.08 Å². The molecule has 0 saturated heterocycles. The number of hydrogen-bond acceptors (Lipinski definition) is 5. The number of rotatable bonds is 4. The number of nitro benzene ring substituents is 1. The van der Waals surface area contributed by atoms with Crippen LogP contribution in [0.1, 0.15) is 10.4 Å². The van der Waals surface area contributed by atoms with Crippen LogP contribution in [0.2, 0.25) is 0 Å². The Kier molecular flexibility index (Phi) is 3.55. The van der Waals surface area contributed by atoms with Crippen molar-refractivity contribution in [1.29, 1.82) is 0 Å². The standard InChI is InChI=1S/C10H7NO6/c12-7(4-5-9(14)15)6-2-1-3-8(13)10(6)11(16)17/h1-5,13H,(H,14,15). The zero-order chi connectivity index (χ0) is 13.0. The molecule has 0 unspecified atom stereocenters. The van der Waals surface area contributed by atoms with Gasteiger partial charge in [-0.15, -0.1) is 0 Å². The Labute approximate surface area is 94.8 Å². The number of carboxylic acid groups (broad SMARTS) is 1. The highest BCUT2D eigenvalue weighted by molar-refractivity contribution is 6.09. The summed E-state index contributed by atoms with van der Waals surface area (Å²) in [5, 5.41) is 28.2. The highest BCUT2D eigenvalue weighted by Gasteiger charge is 2.22. The maximum Gasteiger partial charge on any atom is 0.328 e. The zero-order valence-corrected chi connectivity index (χ0v) is 8.36. The summed E-state index contributed by atoms with van der Waals surface area (Å²) in [5.74, 6) is -2.86. The van der Waals surface area contributed by atoms with Crippen LogP contribution in [0.4, 0.5) is 5.69 Å². The fraction of sp³-hybridized carbons (Fsp3) is 0. The predicted octanol–water partition coefficient (Wildman–Crippen LogP) is 1.12. The summed E-state index contributed by atoms with van der Waals surface area (Å²) in [7, 11) is 0. The summed E-state index contributed by atoms with van der Waals surface area (Å²) in [6, 6.07) is 3.45. The number of nitro groups is 1. The van der Waals surface area contributed by atoms with E-state index in [4.69, 9.17) is 5.11 Å². The van der Waals surface area contributed by atoms with Crippen LogP contribution in [0.25, 0.3) is 0 Å². The molecular formula is C10H7NO6. The molecule has 88 valence electrons. The van der Waals surface area contributed by atoms with Crippen molar-refractivity contribution in [3.05, 3.63) is 46.0 Å². The average molecular weight is 237 g/mol. The van der Waals surface area contributed by atoms with E-state index in [0.717, 1.165) is 12.1 Å². The monoisotopic (exact) mass is 237 g/mol.